The number of carbonyl (C=O) groups excluding carboxylic acids is 2. The van der Waals surface area contributed by atoms with Gasteiger partial charge in [0.05, 0.1) is 12.8 Å². The van der Waals surface area contributed by atoms with E-state index in [1.807, 2.05) is 19.1 Å². The summed E-state index contributed by atoms with van der Waals surface area (Å²) in [4.78, 5) is 25.2. The molecule has 2 atom stereocenters. The van der Waals surface area contributed by atoms with E-state index in [1.165, 1.54) is 0 Å². The zero-order valence-electron chi connectivity index (χ0n) is 25.8. The first-order valence-electron chi connectivity index (χ1n) is 15.9. The van der Waals surface area contributed by atoms with E-state index < -0.39 is 42.2 Å². The number of unbranched alkanes of at least 4 members (excludes halogenated alkanes) is 2. The van der Waals surface area contributed by atoms with Crippen molar-refractivity contribution in [2.45, 2.75) is 122 Å². The van der Waals surface area contributed by atoms with Crippen LogP contribution in [0.15, 0.2) is 36.1 Å². The van der Waals surface area contributed by atoms with Crippen molar-refractivity contribution in [2.24, 2.45) is 17.1 Å². The van der Waals surface area contributed by atoms with Crippen molar-refractivity contribution in [3.05, 3.63) is 47.2 Å². The number of alkyl halides is 4. The van der Waals surface area contributed by atoms with Gasteiger partial charge in [-0.05, 0) is 75.1 Å². The van der Waals surface area contributed by atoms with Crippen LogP contribution >= 0.6 is 0 Å². The average Bonchev–Trinajstić information content (AvgIpc) is 2.96. The molecule has 244 valence electrons. The van der Waals surface area contributed by atoms with E-state index in [4.69, 9.17) is 15.2 Å². The lowest BCUT2D eigenvalue weighted by molar-refractivity contribution is -0.242. The number of halogens is 4. The molecule has 0 amide bonds. The predicted octanol–water partition coefficient (Wildman–Crippen LogP) is 8.52. The number of ether oxygens (including phenoxy) is 3. The number of allylic oxidation sites excluding steroid dienone is 3. The van der Waals surface area contributed by atoms with Gasteiger partial charge in [-0.2, -0.15) is 17.6 Å². The minimum atomic E-state index is -4.26. The van der Waals surface area contributed by atoms with Gasteiger partial charge >= 0.3 is 24.0 Å². The van der Waals surface area contributed by atoms with Crippen molar-refractivity contribution in [1.29, 1.82) is 0 Å². The first-order chi connectivity index (χ1) is 20.8. The standard InChI is InChI=1S/C34H45F4NO5/c1-4-5-7-10-24-18-27-30(26-17-22(2)11-12-25(26)23(3)42-27)28(19-24)43-31(41)33(35,36)15-16-34(37,38)44-29(40)20-32(21-39)13-8-6-9-14-32/h17-19,25-26H,3-16,20-21,39H2,1-2H3/t25-,26+/m0/s1. The summed E-state index contributed by atoms with van der Waals surface area (Å²) in [7, 11) is 0. The van der Waals surface area contributed by atoms with Gasteiger partial charge in [-0.25, -0.2) is 4.79 Å². The van der Waals surface area contributed by atoms with Crippen molar-refractivity contribution in [2.75, 3.05) is 6.54 Å². The monoisotopic (exact) mass is 623 g/mol. The number of aryl methyl sites for hydroxylation is 1. The molecule has 44 heavy (non-hydrogen) atoms. The molecule has 0 saturated heterocycles. The number of rotatable bonds is 13. The molecular weight excluding hydrogens is 578 g/mol. The summed E-state index contributed by atoms with van der Waals surface area (Å²) in [5.74, 6) is -6.90. The van der Waals surface area contributed by atoms with Gasteiger partial charge in [0.1, 0.15) is 17.3 Å². The molecule has 2 aliphatic carbocycles. The van der Waals surface area contributed by atoms with Gasteiger partial charge < -0.3 is 19.9 Å². The average molecular weight is 624 g/mol. The van der Waals surface area contributed by atoms with Crippen LogP contribution in [-0.4, -0.2) is 30.5 Å². The van der Waals surface area contributed by atoms with Crippen LogP contribution in [0.3, 0.4) is 0 Å². The van der Waals surface area contributed by atoms with Crippen molar-refractivity contribution in [3.8, 4) is 11.5 Å². The second kappa shape index (κ2) is 14.0. The van der Waals surface area contributed by atoms with Crippen molar-refractivity contribution < 1.29 is 41.4 Å². The fourth-order valence-corrected chi connectivity index (χ4v) is 6.70. The lowest BCUT2D eigenvalue weighted by Crippen LogP contribution is -2.39. The number of nitrogens with two attached hydrogens (primary N) is 1. The van der Waals surface area contributed by atoms with Crippen LogP contribution in [0, 0.1) is 11.3 Å². The van der Waals surface area contributed by atoms with Crippen LogP contribution in [-0.2, 0) is 20.7 Å². The zero-order valence-corrected chi connectivity index (χ0v) is 25.8. The molecule has 4 rings (SSSR count). The Balaban J connectivity index is 1.48. The Labute approximate surface area is 257 Å². The lowest BCUT2D eigenvalue weighted by atomic mass is 9.72. The van der Waals surface area contributed by atoms with Crippen LogP contribution in [0.2, 0.25) is 0 Å². The second-order valence-electron chi connectivity index (χ2n) is 12.9. The summed E-state index contributed by atoms with van der Waals surface area (Å²) in [6.45, 7) is 8.26. The smallest absolute Gasteiger partial charge is 0.400 e. The fraction of sp³-hybridized carbons (Fsp3) is 0.647. The topological polar surface area (TPSA) is 87.9 Å². The Morgan fingerprint density at radius 3 is 2.52 bits per heavy atom. The summed E-state index contributed by atoms with van der Waals surface area (Å²) in [5.41, 5.74) is 7.54. The maximum atomic E-state index is 15.1. The van der Waals surface area contributed by atoms with E-state index in [0.717, 1.165) is 62.5 Å². The highest BCUT2D eigenvalue weighted by Crippen LogP contribution is 2.52. The van der Waals surface area contributed by atoms with Crippen molar-refractivity contribution in [3.63, 3.8) is 0 Å². The highest BCUT2D eigenvalue weighted by molar-refractivity contribution is 5.80. The van der Waals surface area contributed by atoms with Crippen LogP contribution in [0.1, 0.15) is 114 Å². The third kappa shape index (κ3) is 8.23. The number of carbonyl (C=O) groups is 2. The summed E-state index contributed by atoms with van der Waals surface area (Å²) in [5, 5.41) is 0. The van der Waals surface area contributed by atoms with E-state index in [-0.39, 0.29) is 30.6 Å². The zero-order chi connectivity index (χ0) is 32.1. The van der Waals surface area contributed by atoms with Gasteiger partial charge in [-0.3, -0.25) is 4.79 Å². The van der Waals surface area contributed by atoms with Gasteiger partial charge in [0.25, 0.3) is 0 Å². The molecule has 1 aliphatic heterocycles. The number of hydrogen-bond acceptors (Lipinski definition) is 6. The van der Waals surface area contributed by atoms with Crippen molar-refractivity contribution >= 4 is 11.9 Å². The van der Waals surface area contributed by atoms with E-state index in [1.54, 1.807) is 6.07 Å². The number of hydrogen-bond donors (Lipinski definition) is 1. The van der Waals surface area contributed by atoms with Gasteiger partial charge in [0, 0.05) is 23.8 Å². The second-order valence-corrected chi connectivity index (χ2v) is 12.9. The minimum Gasteiger partial charge on any atom is -0.462 e. The van der Waals surface area contributed by atoms with E-state index in [0.29, 0.717) is 36.3 Å². The lowest BCUT2D eigenvalue weighted by Gasteiger charge is -2.37. The normalized spacial score (nSPS) is 21.4. The predicted molar refractivity (Wildman–Crippen MR) is 159 cm³/mol. The highest BCUT2D eigenvalue weighted by atomic mass is 19.3. The molecule has 0 aromatic heterocycles. The molecule has 1 fully saturated rings. The third-order valence-electron chi connectivity index (χ3n) is 9.33. The van der Waals surface area contributed by atoms with Gasteiger partial charge in [0.15, 0.2) is 0 Å². The molecule has 3 aliphatic rings. The largest absolute Gasteiger partial charge is 0.462 e. The van der Waals surface area contributed by atoms with E-state index >= 15 is 8.78 Å². The summed E-state index contributed by atoms with van der Waals surface area (Å²) >= 11 is 0. The van der Waals surface area contributed by atoms with E-state index in [2.05, 4.69) is 18.2 Å². The number of fused-ring (bicyclic) bond motifs is 3. The maximum Gasteiger partial charge on any atom is 0.400 e. The van der Waals surface area contributed by atoms with Gasteiger partial charge in [0.2, 0.25) is 0 Å². The number of benzene rings is 1. The molecule has 6 nitrogen and oxygen atoms in total. The van der Waals surface area contributed by atoms with Crippen LogP contribution in [0.4, 0.5) is 17.6 Å². The fourth-order valence-electron chi connectivity index (χ4n) is 6.70. The van der Waals surface area contributed by atoms with Crippen LogP contribution < -0.4 is 15.2 Å². The molecule has 10 heteroatoms. The molecule has 1 aromatic carbocycles. The Hall–Kier alpha value is -2.88. The maximum absolute atomic E-state index is 15.1. The Kier molecular flexibility index (Phi) is 10.9. The van der Waals surface area contributed by atoms with Gasteiger partial charge in [-0.1, -0.05) is 57.3 Å². The SMILES string of the molecule is C=C1Oc2cc(CCCCC)cc(OC(=O)C(F)(F)CCC(F)(F)OC(=O)CC3(CN)CCCCC3)c2[C@@H]2C=C(C)CC[C@@H]12. The summed E-state index contributed by atoms with van der Waals surface area (Å²) in [6, 6.07) is 3.40. The molecular formula is C34H45F4NO5. The highest BCUT2D eigenvalue weighted by Gasteiger charge is 2.47. The minimum absolute atomic E-state index is 0.0649. The quantitative estimate of drug-likeness (QED) is 0.0779. The van der Waals surface area contributed by atoms with Gasteiger partial charge in [-0.15, -0.1) is 0 Å². The number of esters is 2. The molecule has 1 aromatic rings. The Bertz CT molecular complexity index is 1250. The summed E-state index contributed by atoms with van der Waals surface area (Å²) < 4.78 is 75.0. The first kappa shape index (κ1) is 34.0. The molecule has 0 radical (unpaired) electrons. The first-order valence-corrected chi connectivity index (χ1v) is 15.9. The van der Waals surface area contributed by atoms with Crippen LogP contribution in [0.25, 0.3) is 0 Å². The molecule has 0 spiro atoms. The third-order valence-corrected chi connectivity index (χ3v) is 9.33. The molecule has 1 saturated carbocycles. The molecule has 0 bridgehead atoms. The Morgan fingerprint density at radius 2 is 1.84 bits per heavy atom. The Morgan fingerprint density at radius 1 is 1.11 bits per heavy atom. The van der Waals surface area contributed by atoms with E-state index in [9.17, 15) is 18.4 Å². The summed E-state index contributed by atoms with van der Waals surface area (Å²) in [6.07, 6.45) is 3.26. The van der Waals surface area contributed by atoms with Crippen molar-refractivity contribution in [1.82, 2.24) is 0 Å². The molecule has 2 N–H and O–H groups in total. The molecule has 1 heterocycles. The van der Waals surface area contributed by atoms with Crippen LogP contribution in [0.5, 0.6) is 11.5 Å². The molecule has 0 unspecified atom stereocenters.